The fourth-order valence-corrected chi connectivity index (χ4v) is 3.22. The van der Waals surface area contributed by atoms with Crippen LogP contribution < -0.4 is 5.73 Å². The van der Waals surface area contributed by atoms with Gasteiger partial charge < -0.3 is 10.2 Å². The van der Waals surface area contributed by atoms with Crippen LogP contribution in [0.2, 0.25) is 5.02 Å². The van der Waals surface area contributed by atoms with Crippen molar-refractivity contribution in [1.82, 2.24) is 9.88 Å². The number of aromatic nitrogens is 1. The van der Waals surface area contributed by atoms with E-state index in [1.165, 1.54) is 12.8 Å². The van der Waals surface area contributed by atoms with Crippen LogP contribution in [0.3, 0.4) is 0 Å². The van der Waals surface area contributed by atoms with Crippen molar-refractivity contribution in [3.63, 3.8) is 0 Å². The standard InChI is InChI=1S/C17H22ClN3O.ClH/c1-12(19)14-5-3-7-21(9-14)10-16-11-22-17(20-16)13-4-2-6-15(18)8-13;/h2,4,6,8,11-12,14H,3,5,7,9-10,19H2,1H3;1H. The molecule has 2 heterocycles. The molecule has 2 N–H and O–H groups in total. The number of nitrogens with two attached hydrogens (primary N) is 1. The molecule has 3 rings (SSSR count). The van der Waals surface area contributed by atoms with Gasteiger partial charge in [-0.1, -0.05) is 17.7 Å². The van der Waals surface area contributed by atoms with E-state index >= 15 is 0 Å². The van der Waals surface area contributed by atoms with Gasteiger partial charge in [-0.05, 0) is 50.4 Å². The summed E-state index contributed by atoms with van der Waals surface area (Å²) in [5, 5.41) is 0.688. The van der Waals surface area contributed by atoms with Crippen molar-refractivity contribution >= 4 is 24.0 Å². The van der Waals surface area contributed by atoms with E-state index in [4.69, 9.17) is 21.8 Å². The molecule has 126 valence electrons. The number of nitrogens with zero attached hydrogens (tertiary/aromatic N) is 2. The van der Waals surface area contributed by atoms with Gasteiger partial charge in [0, 0.05) is 29.7 Å². The fourth-order valence-electron chi connectivity index (χ4n) is 3.03. The van der Waals surface area contributed by atoms with Crippen molar-refractivity contribution in [3.05, 3.63) is 41.2 Å². The Bertz CT molecular complexity index is 630. The van der Waals surface area contributed by atoms with Crippen LogP contribution in [0, 0.1) is 5.92 Å². The van der Waals surface area contributed by atoms with Crippen molar-refractivity contribution in [2.24, 2.45) is 11.7 Å². The molecule has 1 aromatic heterocycles. The maximum atomic E-state index is 6.04. The van der Waals surface area contributed by atoms with E-state index in [0.717, 1.165) is 30.9 Å². The van der Waals surface area contributed by atoms with Gasteiger partial charge in [-0.25, -0.2) is 4.98 Å². The Kier molecular flexibility index (Phi) is 6.48. The highest BCUT2D eigenvalue weighted by Gasteiger charge is 2.23. The molecule has 2 atom stereocenters. The molecule has 1 aliphatic heterocycles. The third-order valence-electron chi connectivity index (χ3n) is 4.29. The third kappa shape index (κ3) is 4.70. The second-order valence-corrected chi connectivity index (χ2v) is 6.59. The highest BCUT2D eigenvalue weighted by Crippen LogP contribution is 2.24. The summed E-state index contributed by atoms with van der Waals surface area (Å²) in [6.07, 6.45) is 4.16. The van der Waals surface area contributed by atoms with Crippen molar-refractivity contribution in [3.8, 4) is 11.5 Å². The van der Waals surface area contributed by atoms with E-state index in [2.05, 4.69) is 16.8 Å². The smallest absolute Gasteiger partial charge is 0.226 e. The number of piperidine rings is 1. The Morgan fingerprint density at radius 2 is 2.30 bits per heavy atom. The van der Waals surface area contributed by atoms with E-state index in [1.807, 2.05) is 24.3 Å². The molecular weight excluding hydrogens is 333 g/mol. The molecule has 23 heavy (non-hydrogen) atoms. The summed E-state index contributed by atoms with van der Waals surface area (Å²) >= 11 is 6.01. The van der Waals surface area contributed by atoms with Gasteiger partial charge in [0.2, 0.25) is 5.89 Å². The maximum absolute atomic E-state index is 6.04. The maximum Gasteiger partial charge on any atom is 0.226 e. The Morgan fingerprint density at radius 1 is 1.48 bits per heavy atom. The Morgan fingerprint density at radius 3 is 3.04 bits per heavy atom. The SMILES string of the molecule is CC(N)C1CCCN(Cc2coc(-c3cccc(Cl)c3)n2)C1.Cl. The first-order valence-corrected chi connectivity index (χ1v) is 8.18. The predicted molar refractivity (Wildman–Crippen MR) is 95.8 cm³/mol. The van der Waals surface area contributed by atoms with Crippen LogP contribution in [0.25, 0.3) is 11.5 Å². The van der Waals surface area contributed by atoms with Gasteiger partial charge in [0.15, 0.2) is 0 Å². The highest BCUT2D eigenvalue weighted by atomic mass is 35.5. The summed E-state index contributed by atoms with van der Waals surface area (Å²) < 4.78 is 5.60. The molecule has 6 heteroatoms. The summed E-state index contributed by atoms with van der Waals surface area (Å²) in [6.45, 7) is 5.05. The van der Waals surface area contributed by atoms with Gasteiger partial charge in [-0.3, -0.25) is 4.90 Å². The molecule has 1 aliphatic rings. The second-order valence-electron chi connectivity index (χ2n) is 6.15. The lowest BCUT2D eigenvalue weighted by molar-refractivity contribution is 0.153. The summed E-state index contributed by atoms with van der Waals surface area (Å²) in [7, 11) is 0. The first-order valence-electron chi connectivity index (χ1n) is 7.80. The molecule has 0 aliphatic carbocycles. The van der Waals surface area contributed by atoms with Crippen LogP contribution in [0.15, 0.2) is 34.9 Å². The number of benzene rings is 1. The molecule has 2 unspecified atom stereocenters. The molecule has 2 aromatic rings. The van der Waals surface area contributed by atoms with E-state index in [9.17, 15) is 0 Å². The first-order chi connectivity index (χ1) is 10.6. The minimum atomic E-state index is 0. The normalized spacial score (nSPS) is 20.0. The average molecular weight is 356 g/mol. The zero-order valence-electron chi connectivity index (χ0n) is 13.2. The Labute approximate surface area is 148 Å². The van der Waals surface area contributed by atoms with Crippen molar-refractivity contribution in [1.29, 1.82) is 0 Å². The van der Waals surface area contributed by atoms with Crippen LogP contribution in [0.1, 0.15) is 25.5 Å². The number of likely N-dealkylation sites (tertiary alicyclic amines) is 1. The van der Waals surface area contributed by atoms with E-state index in [0.29, 0.717) is 16.8 Å². The Balaban J connectivity index is 0.00000192. The lowest BCUT2D eigenvalue weighted by Crippen LogP contribution is -2.41. The lowest BCUT2D eigenvalue weighted by atomic mass is 9.92. The lowest BCUT2D eigenvalue weighted by Gasteiger charge is -2.34. The minimum absolute atomic E-state index is 0. The summed E-state index contributed by atoms with van der Waals surface area (Å²) in [5.74, 6) is 1.20. The topological polar surface area (TPSA) is 55.3 Å². The average Bonchev–Trinajstić information content (AvgIpc) is 2.96. The van der Waals surface area contributed by atoms with Crippen LogP contribution in [0.4, 0.5) is 0 Å². The van der Waals surface area contributed by atoms with Crippen molar-refractivity contribution in [2.45, 2.75) is 32.4 Å². The molecule has 0 bridgehead atoms. The number of hydrogen-bond acceptors (Lipinski definition) is 4. The van der Waals surface area contributed by atoms with Crippen LogP contribution in [-0.2, 0) is 6.54 Å². The molecule has 0 amide bonds. The highest BCUT2D eigenvalue weighted by molar-refractivity contribution is 6.30. The molecule has 1 aromatic carbocycles. The predicted octanol–water partition coefficient (Wildman–Crippen LogP) is 3.98. The molecule has 4 nitrogen and oxygen atoms in total. The summed E-state index contributed by atoms with van der Waals surface area (Å²) in [5.41, 5.74) is 7.91. The number of oxazole rings is 1. The summed E-state index contributed by atoms with van der Waals surface area (Å²) in [6, 6.07) is 7.82. The van der Waals surface area contributed by atoms with E-state index in [-0.39, 0.29) is 18.4 Å². The van der Waals surface area contributed by atoms with Crippen molar-refractivity contribution < 1.29 is 4.42 Å². The largest absolute Gasteiger partial charge is 0.444 e. The molecule has 0 saturated carbocycles. The zero-order valence-corrected chi connectivity index (χ0v) is 14.8. The molecule has 1 fully saturated rings. The third-order valence-corrected chi connectivity index (χ3v) is 4.53. The molecule has 0 radical (unpaired) electrons. The van der Waals surface area contributed by atoms with Gasteiger partial charge in [-0.2, -0.15) is 0 Å². The van der Waals surface area contributed by atoms with Gasteiger partial charge in [0.25, 0.3) is 0 Å². The zero-order chi connectivity index (χ0) is 15.5. The first kappa shape index (κ1) is 18.3. The summed E-state index contributed by atoms with van der Waals surface area (Å²) in [4.78, 5) is 7.00. The van der Waals surface area contributed by atoms with Gasteiger partial charge in [0.05, 0.1) is 5.69 Å². The van der Waals surface area contributed by atoms with Gasteiger partial charge in [0.1, 0.15) is 6.26 Å². The quantitative estimate of drug-likeness (QED) is 0.901. The monoisotopic (exact) mass is 355 g/mol. The molecular formula is C17H23Cl2N3O. The minimum Gasteiger partial charge on any atom is -0.444 e. The molecule has 0 spiro atoms. The Hall–Kier alpha value is -1.07. The number of rotatable bonds is 4. The van der Waals surface area contributed by atoms with Crippen LogP contribution in [-0.4, -0.2) is 29.0 Å². The van der Waals surface area contributed by atoms with Crippen LogP contribution in [0.5, 0.6) is 0 Å². The van der Waals surface area contributed by atoms with Gasteiger partial charge >= 0.3 is 0 Å². The van der Waals surface area contributed by atoms with E-state index < -0.39 is 0 Å². The van der Waals surface area contributed by atoms with E-state index in [1.54, 1.807) is 6.26 Å². The number of hydrogen-bond donors (Lipinski definition) is 1. The molecule has 1 saturated heterocycles. The fraction of sp³-hybridized carbons (Fsp3) is 0.471. The van der Waals surface area contributed by atoms with Crippen LogP contribution >= 0.6 is 24.0 Å². The number of halogens is 2. The van der Waals surface area contributed by atoms with Gasteiger partial charge in [-0.15, -0.1) is 12.4 Å². The second kappa shape index (κ2) is 8.15. The van der Waals surface area contributed by atoms with Crippen molar-refractivity contribution in [2.75, 3.05) is 13.1 Å².